The summed E-state index contributed by atoms with van der Waals surface area (Å²) in [4.78, 5) is 2.16. The van der Waals surface area contributed by atoms with Crippen LogP contribution in [0.15, 0.2) is 36.7 Å². The van der Waals surface area contributed by atoms with Crippen molar-refractivity contribution in [3.05, 3.63) is 36.7 Å². The second-order valence-electron chi connectivity index (χ2n) is 4.52. The molecule has 0 unspecified atom stereocenters. The molecular weight excluding hydrogens is 226 g/mol. The van der Waals surface area contributed by atoms with Gasteiger partial charge in [-0.25, -0.2) is 0 Å². The molecule has 0 radical (unpaired) electrons. The average molecular weight is 245 g/mol. The quantitative estimate of drug-likeness (QED) is 0.795. The van der Waals surface area contributed by atoms with Crippen molar-refractivity contribution in [3.8, 4) is 16.9 Å². The minimum absolute atomic E-state index is 0.743. The molecule has 4 heteroatoms. The molecule has 0 fully saturated rings. The minimum Gasteiger partial charge on any atom is -0.494 e. The molecule has 1 aromatic carbocycles. The number of hydrogen-bond acceptors (Lipinski definition) is 3. The molecule has 0 saturated heterocycles. The van der Waals surface area contributed by atoms with Gasteiger partial charge in [-0.1, -0.05) is 12.1 Å². The van der Waals surface area contributed by atoms with Gasteiger partial charge in [0.15, 0.2) is 0 Å². The second-order valence-corrected chi connectivity index (χ2v) is 4.52. The predicted octanol–water partition coefficient (Wildman–Crippen LogP) is 2.41. The van der Waals surface area contributed by atoms with Crippen LogP contribution >= 0.6 is 0 Å². The van der Waals surface area contributed by atoms with Gasteiger partial charge in [-0.15, -0.1) is 0 Å². The van der Waals surface area contributed by atoms with E-state index in [1.165, 1.54) is 0 Å². The molecule has 1 N–H and O–H groups in total. The van der Waals surface area contributed by atoms with Crippen LogP contribution in [0.4, 0.5) is 0 Å². The van der Waals surface area contributed by atoms with E-state index in [9.17, 15) is 0 Å². The van der Waals surface area contributed by atoms with Crippen LogP contribution < -0.4 is 4.74 Å². The van der Waals surface area contributed by atoms with Gasteiger partial charge >= 0.3 is 0 Å². The van der Waals surface area contributed by atoms with Gasteiger partial charge in [0.25, 0.3) is 0 Å². The molecule has 0 atom stereocenters. The van der Waals surface area contributed by atoms with E-state index in [0.29, 0.717) is 0 Å². The molecule has 0 amide bonds. The topological polar surface area (TPSA) is 41.1 Å². The SMILES string of the molecule is CN(C)CCCOc1cccc(-c2cn[nH]c2)c1. The normalized spacial score (nSPS) is 10.8. The van der Waals surface area contributed by atoms with Gasteiger partial charge in [0, 0.05) is 18.3 Å². The van der Waals surface area contributed by atoms with E-state index in [-0.39, 0.29) is 0 Å². The monoisotopic (exact) mass is 245 g/mol. The third kappa shape index (κ3) is 3.60. The van der Waals surface area contributed by atoms with E-state index >= 15 is 0 Å². The summed E-state index contributed by atoms with van der Waals surface area (Å²) in [5, 5.41) is 6.77. The van der Waals surface area contributed by atoms with Gasteiger partial charge in [-0.3, -0.25) is 5.10 Å². The van der Waals surface area contributed by atoms with Crippen molar-refractivity contribution in [2.24, 2.45) is 0 Å². The van der Waals surface area contributed by atoms with E-state index < -0.39 is 0 Å². The Morgan fingerprint density at radius 1 is 1.28 bits per heavy atom. The summed E-state index contributed by atoms with van der Waals surface area (Å²) < 4.78 is 5.74. The first-order valence-electron chi connectivity index (χ1n) is 6.12. The Morgan fingerprint density at radius 2 is 2.17 bits per heavy atom. The average Bonchev–Trinajstić information content (AvgIpc) is 2.89. The molecule has 18 heavy (non-hydrogen) atoms. The first-order valence-corrected chi connectivity index (χ1v) is 6.12. The summed E-state index contributed by atoms with van der Waals surface area (Å²) >= 11 is 0. The van der Waals surface area contributed by atoms with Crippen molar-refractivity contribution in [1.29, 1.82) is 0 Å². The van der Waals surface area contributed by atoms with Crippen molar-refractivity contribution in [1.82, 2.24) is 15.1 Å². The molecule has 1 aromatic heterocycles. The maximum Gasteiger partial charge on any atom is 0.119 e. The molecule has 0 aliphatic rings. The van der Waals surface area contributed by atoms with E-state index in [4.69, 9.17) is 4.74 Å². The maximum atomic E-state index is 5.74. The lowest BCUT2D eigenvalue weighted by atomic mass is 10.1. The lowest BCUT2D eigenvalue weighted by Crippen LogP contribution is -2.15. The van der Waals surface area contributed by atoms with Crippen LogP contribution in [0.25, 0.3) is 11.1 Å². The van der Waals surface area contributed by atoms with Gasteiger partial charge in [0.05, 0.1) is 12.8 Å². The number of aromatic amines is 1. The van der Waals surface area contributed by atoms with Crippen LogP contribution in [-0.4, -0.2) is 42.3 Å². The van der Waals surface area contributed by atoms with Crippen LogP contribution in [0.2, 0.25) is 0 Å². The molecule has 2 rings (SSSR count). The molecule has 1 heterocycles. The van der Waals surface area contributed by atoms with E-state index in [1.54, 1.807) is 0 Å². The third-order valence-electron chi connectivity index (χ3n) is 2.68. The van der Waals surface area contributed by atoms with Crippen molar-refractivity contribution in [2.45, 2.75) is 6.42 Å². The van der Waals surface area contributed by atoms with Gasteiger partial charge in [-0.2, -0.15) is 5.10 Å². The summed E-state index contributed by atoms with van der Waals surface area (Å²) in [5.74, 6) is 0.910. The Bertz CT molecular complexity index is 466. The standard InChI is InChI=1S/C14H19N3O/c1-17(2)7-4-8-18-14-6-3-5-12(9-14)13-10-15-16-11-13/h3,5-6,9-11H,4,7-8H2,1-2H3,(H,15,16). The summed E-state index contributed by atoms with van der Waals surface area (Å²) in [7, 11) is 4.14. The highest BCUT2D eigenvalue weighted by Gasteiger charge is 2.01. The zero-order valence-electron chi connectivity index (χ0n) is 10.9. The maximum absolute atomic E-state index is 5.74. The van der Waals surface area contributed by atoms with Gasteiger partial charge in [0.1, 0.15) is 5.75 Å². The van der Waals surface area contributed by atoms with Crippen LogP contribution in [0, 0.1) is 0 Å². The fourth-order valence-electron chi connectivity index (χ4n) is 1.75. The fraction of sp³-hybridized carbons (Fsp3) is 0.357. The van der Waals surface area contributed by atoms with Crippen molar-refractivity contribution in [3.63, 3.8) is 0 Å². The molecule has 2 aromatic rings. The van der Waals surface area contributed by atoms with E-state index in [1.807, 2.05) is 30.6 Å². The highest BCUT2D eigenvalue weighted by Crippen LogP contribution is 2.22. The van der Waals surface area contributed by atoms with Gasteiger partial charge in [0.2, 0.25) is 0 Å². The zero-order valence-corrected chi connectivity index (χ0v) is 10.9. The van der Waals surface area contributed by atoms with Crippen molar-refractivity contribution >= 4 is 0 Å². The number of nitrogens with one attached hydrogen (secondary N) is 1. The zero-order chi connectivity index (χ0) is 12.8. The van der Waals surface area contributed by atoms with Crippen LogP contribution in [0.1, 0.15) is 6.42 Å². The number of nitrogens with zero attached hydrogens (tertiary/aromatic N) is 2. The van der Waals surface area contributed by atoms with Crippen molar-refractivity contribution in [2.75, 3.05) is 27.2 Å². The number of hydrogen-bond donors (Lipinski definition) is 1. The first-order chi connectivity index (χ1) is 8.75. The molecule has 0 spiro atoms. The van der Waals surface area contributed by atoms with Gasteiger partial charge < -0.3 is 9.64 Å². The Labute approximate surface area is 108 Å². The number of rotatable bonds is 6. The molecule has 0 aliphatic carbocycles. The third-order valence-corrected chi connectivity index (χ3v) is 2.68. The Morgan fingerprint density at radius 3 is 2.89 bits per heavy atom. The Kier molecular flexibility index (Phi) is 4.36. The predicted molar refractivity (Wildman–Crippen MR) is 72.7 cm³/mol. The number of ether oxygens (including phenoxy) is 1. The van der Waals surface area contributed by atoms with Crippen LogP contribution in [0.5, 0.6) is 5.75 Å². The van der Waals surface area contributed by atoms with Crippen molar-refractivity contribution < 1.29 is 4.74 Å². The van der Waals surface area contributed by atoms with Crippen LogP contribution in [0.3, 0.4) is 0 Å². The molecule has 0 aliphatic heterocycles. The minimum atomic E-state index is 0.743. The summed E-state index contributed by atoms with van der Waals surface area (Å²) in [6, 6.07) is 8.08. The Balaban J connectivity index is 1.92. The fourth-order valence-corrected chi connectivity index (χ4v) is 1.75. The van der Waals surface area contributed by atoms with E-state index in [2.05, 4.69) is 35.3 Å². The lowest BCUT2D eigenvalue weighted by Gasteiger charge is -2.10. The van der Waals surface area contributed by atoms with E-state index in [0.717, 1.165) is 36.4 Å². The summed E-state index contributed by atoms with van der Waals surface area (Å²) in [6.07, 6.45) is 4.72. The van der Waals surface area contributed by atoms with Crippen LogP contribution in [-0.2, 0) is 0 Å². The molecule has 0 saturated carbocycles. The highest BCUT2D eigenvalue weighted by molar-refractivity contribution is 5.63. The molecule has 96 valence electrons. The number of H-pyrrole nitrogens is 1. The first kappa shape index (κ1) is 12.6. The largest absolute Gasteiger partial charge is 0.494 e. The molecular formula is C14H19N3O. The molecule has 0 bridgehead atoms. The smallest absolute Gasteiger partial charge is 0.119 e. The molecule has 4 nitrogen and oxygen atoms in total. The summed E-state index contributed by atoms with van der Waals surface area (Å²) in [5.41, 5.74) is 2.20. The second kappa shape index (κ2) is 6.21. The van der Waals surface area contributed by atoms with Gasteiger partial charge in [-0.05, 0) is 38.2 Å². The Hall–Kier alpha value is -1.81. The lowest BCUT2D eigenvalue weighted by molar-refractivity contribution is 0.281. The summed E-state index contributed by atoms with van der Waals surface area (Å²) in [6.45, 7) is 1.79. The number of aromatic nitrogens is 2. The highest BCUT2D eigenvalue weighted by atomic mass is 16.5. The number of benzene rings is 1.